The Balaban J connectivity index is 3.12. The maximum absolute atomic E-state index is 3.96. The molecule has 1 aromatic rings. The molecule has 46 valence electrons. The van der Waals surface area contributed by atoms with Gasteiger partial charge in [-0.3, -0.25) is 0 Å². The maximum Gasteiger partial charge on any atom is 0.0543 e. The highest BCUT2D eigenvalue weighted by Gasteiger charge is 1.94. The summed E-state index contributed by atoms with van der Waals surface area (Å²) in [5, 5.41) is 0. The van der Waals surface area contributed by atoms with Crippen LogP contribution in [0.5, 0.6) is 0 Å². The standard InChI is InChI=1S/C7H7NS/c1-3-6-5-8-9-7(6)4-2/h3-5H,1-2H2. The first-order valence-electron chi connectivity index (χ1n) is 2.58. The third kappa shape index (κ3) is 1.08. The van der Waals surface area contributed by atoms with Crippen molar-refractivity contribution in [1.82, 2.24) is 4.37 Å². The summed E-state index contributed by atoms with van der Waals surface area (Å²) < 4.78 is 3.96. The van der Waals surface area contributed by atoms with E-state index in [1.54, 1.807) is 18.3 Å². The second kappa shape index (κ2) is 2.60. The van der Waals surface area contributed by atoms with Gasteiger partial charge in [0.05, 0.1) is 4.88 Å². The van der Waals surface area contributed by atoms with E-state index in [1.807, 2.05) is 0 Å². The topological polar surface area (TPSA) is 12.9 Å². The van der Waals surface area contributed by atoms with E-state index in [-0.39, 0.29) is 0 Å². The second-order valence-corrected chi connectivity index (χ2v) is 2.39. The van der Waals surface area contributed by atoms with Crippen molar-refractivity contribution in [3.05, 3.63) is 29.8 Å². The zero-order valence-electron chi connectivity index (χ0n) is 5.00. The lowest BCUT2D eigenvalue weighted by molar-refractivity contribution is 1.56. The van der Waals surface area contributed by atoms with Crippen LogP contribution in [-0.4, -0.2) is 4.37 Å². The van der Waals surface area contributed by atoms with Gasteiger partial charge in [-0.05, 0) is 17.6 Å². The number of aromatic nitrogens is 1. The Labute approximate surface area is 58.5 Å². The fourth-order valence-corrected chi connectivity index (χ4v) is 1.16. The van der Waals surface area contributed by atoms with E-state index in [0.29, 0.717) is 0 Å². The summed E-state index contributed by atoms with van der Waals surface area (Å²) in [6.07, 6.45) is 5.35. The van der Waals surface area contributed by atoms with Gasteiger partial charge in [0.25, 0.3) is 0 Å². The van der Waals surface area contributed by atoms with Gasteiger partial charge in [-0.1, -0.05) is 19.2 Å². The molecule has 0 bridgehead atoms. The van der Waals surface area contributed by atoms with Crippen molar-refractivity contribution in [2.75, 3.05) is 0 Å². The summed E-state index contributed by atoms with van der Waals surface area (Å²) in [4.78, 5) is 1.09. The lowest BCUT2D eigenvalue weighted by Gasteiger charge is -1.82. The monoisotopic (exact) mass is 137 g/mol. The van der Waals surface area contributed by atoms with E-state index in [4.69, 9.17) is 0 Å². The lowest BCUT2D eigenvalue weighted by atomic mass is 10.3. The Bertz CT molecular complexity index is 202. The third-order valence-corrected chi connectivity index (χ3v) is 1.84. The quantitative estimate of drug-likeness (QED) is 0.610. The van der Waals surface area contributed by atoms with E-state index in [0.717, 1.165) is 10.4 Å². The molecule has 1 aromatic heterocycles. The Morgan fingerprint density at radius 1 is 1.44 bits per heavy atom. The summed E-state index contributed by atoms with van der Waals surface area (Å²) in [6, 6.07) is 0. The van der Waals surface area contributed by atoms with Gasteiger partial charge >= 0.3 is 0 Å². The van der Waals surface area contributed by atoms with E-state index in [9.17, 15) is 0 Å². The smallest absolute Gasteiger partial charge is 0.0543 e. The van der Waals surface area contributed by atoms with E-state index in [2.05, 4.69) is 17.5 Å². The lowest BCUT2D eigenvalue weighted by Crippen LogP contribution is -1.64. The van der Waals surface area contributed by atoms with Gasteiger partial charge in [-0.15, -0.1) is 0 Å². The highest BCUT2D eigenvalue weighted by molar-refractivity contribution is 7.07. The second-order valence-electron chi connectivity index (χ2n) is 1.55. The average molecular weight is 137 g/mol. The minimum Gasteiger partial charge on any atom is -0.200 e. The predicted molar refractivity (Wildman–Crippen MR) is 42.3 cm³/mol. The van der Waals surface area contributed by atoms with E-state index >= 15 is 0 Å². The molecule has 0 amide bonds. The zero-order chi connectivity index (χ0) is 6.69. The molecule has 0 aliphatic heterocycles. The molecule has 0 unspecified atom stereocenters. The van der Waals surface area contributed by atoms with Crippen LogP contribution in [0.25, 0.3) is 12.2 Å². The van der Waals surface area contributed by atoms with Crippen LogP contribution in [0.2, 0.25) is 0 Å². The van der Waals surface area contributed by atoms with Crippen molar-refractivity contribution in [2.24, 2.45) is 0 Å². The van der Waals surface area contributed by atoms with Crippen LogP contribution >= 0.6 is 11.5 Å². The first-order valence-corrected chi connectivity index (χ1v) is 3.35. The highest BCUT2D eigenvalue weighted by atomic mass is 32.1. The van der Waals surface area contributed by atoms with Crippen LogP contribution in [0.4, 0.5) is 0 Å². The summed E-state index contributed by atoms with van der Waals surface area (Å²) >= 11 is 1.43. The fourth-order valence-electron chi connectivity index (χ4n) is 0.565. The summed E-state index contributed by atoms with van der Waals surface area (Å²) in [6.45, 7) is 7.27. The molecule has 0 saturated heterocycles. The number of rotatable bonds is 2. The van der Waals surface area contributed by atoms with Crippen molar-refractivity contribution in [2.45, 2.75) is 0 Å². The Morgan fingerprint density at radius 3 is 2.67 bits per heavy atom. The molecule has 1 heterocycles. The Kier molecular flexibility index (Phi) is 1.80. The van der Waals surface area contributed by atoms with Crippen molar-refractivity contribution >= 4 is 23.7 Å². The Morgan fingerprint density at radius 2 is 2.22 bits per heavy atom. The summed E-state index contributed by atoms with van der Waals surface area (Å²) in [7, 11) is 0. The van der Waals surface area contributed by atoms with Gasteiger partial charge in [0.2, 0.25) is 0 Å². The molecule has 0 N–H and O–H groups in total. The van der Waals surface area contributed by atoms with Crippen LogP contribution in [0.3, 0.4) is 0 Å². The molecule has 0 aliphatic carbocycles. The molecule has 1 rings (SSSR count). The Hall–Kier alpha value is -0.890. The van der Waals surface area contributed by atoms with Crippen LogP contribution < -0.4 is 0 Å². The fraction of sp³-hybridized carbons (Fsp3) is 0. The van der Waals surface area contributed by atoms with Crippen LogP contribution in [0.15, 0.2) is 19.4 Å². The van der Waals surface area contributed by atoms with Crippen LogP contribution in [0.1, 0.15) is 10.4 Å². The molecule has 0 saturated carbocycles. The molecular weight excluding hydrogens is 130 g/mol. The van der Waals surface area contributed by atoms with Gasteiger partial charge in [-0.2, -0.15) is 4.37 Å². The van der Waals surface area contributed by atoms with Crippen molar-refractivity contribution in [1.29, 1.82) is 0 Å². The predicted octanol–water partition coefficient (Wildman–Crippen LogP) is 2.43. The van der Waals surface area contributed by atoms with Gasteiger partial charge in [-0.25, -0.2) is 0 Å². The van der Waals surface area contributed by atoms with Crippen LogP contribution in [0, 0.1) is 0 Å². The van der Waals surface area contributed by atoms with Crippen molar-refractivity contribution in [3.63, 3.8) is 0 Å². The number of hydrogen-bond acceptors (Lipinski definition) is 2. The van der Waals surface area contributed by atoms with Gasteiger partial charge < -0.3 is 0 Å². The highest BCUT2D eigenvalue weighted by Crippen LogP contribution is 2.14. The molecule has 0 aromatic carbocycles. The summed E-state index contributed by atoms with van der Waals surface area (Å²) in [5.74, 6) is 0. The SMILES string of the molecule is C=Cc1cnsc1C=C. The van der Waals surface area contributed by atoms with Gasteiger partial charge in [0.1, 0.15) is 0 Å². The van der Waals surface area contributed by atoms with Crippen LogP contribution in [-0.2, 0) is 0 Å². The molecule has 0 radical (unpaired) electrons. The van der Waals surface area contributed by atoms with E-state index < -0.39 is 0 Å². The van der Waals surface area contributed by atoms with E-state index in [1.165, 1.54) is 11.5 Å². The summed E-state index contributed by atoms with van der Waals surface area (Å²) in [5.41, 5.74) is 1.06. The molecule has 0 spiro atoms. The molecule has 2 heteroatoms. The maximum atomic E-state index is 3.96. The van der Waals surface area contributed by atoms with Crippen molar-refractivity contribution < 1.29 is 0 Å². The van der Waals surface area contributed by atoms with Gasteiger partial charge in [0, 0.05) is 11.8 Å². The largest absolute Gasteiger partial charge is 0.200 e. The average Bonchev–Trinajstić information content (AvgIpc) is 2.33. The van der Waals surface area contributed by atoms with Crippen molar-refractivity contribution in [3.8, 4) is 0 Å². The molecule has 0 fully saturated rings. The molecule has 0 aliphatic rings. The number of hydrogen-bond donors (Lipinski definition) is 0. The molecule has 1 nitrogen and oxygen atoms in total. The number of nitrogens with zero attached hydrogens (tertiary/aromatic N) is 1. The normalized spacial score (nSPS) is 8.89. The molecular formula is C7H7NS. The van der Waals surface area contributed by atoms with Gasteiger partial charge in [0.15, 0.2) is 0 Å². The first kappa shape index (κ1) is 6.23. The minimum atomic E-state index is 1.06. The first-order chi connectivity index (χ1) is 4.38. The third-order valence-electron chi connectivity index (χ3n) is 1.03. The molecule has 0 atom stereocenters. The molecule has 9 heavy (non-hydrogen) atoms. The minimum absolute atomic E-state index is 1.06. The zero-order valence-corrected chi connectivity index (χ0v) is 5.82.